The zero-order valence-corrected chi connectivity index (χ0v) is 15.4. The summed E-state index contributed by atoms with van der Waals surface area (Å²) in [4.78, 5) is 23.4. The largest absolute Gasteiger partial charge is 0.354 e. The SMILES string of the molecule is CNC(=O)c1c2cc(C3CC3)c(/C=C/C=O)cc2nn1-c1ccc(C)cc1. The Bertz CT molecular complexity index is 1060. The molecule has 3 aromatic rings. The summed E-state index contributed by atoms with van der Waals surface area (Å²) < 4.78 is 1.70. The van der Waals surface area contributed by atoms with E-state index in [4.69, 9.17) is 5.10 Å². The van der Waals surface area contributed by atoms with Crippen molar-refractivity contribution in [1.29, 1.82) is 0 Å². The second-order valence-electron chi connectivity index (χ2n) is 6.94. The summed E-state index contributed by atoms with van der Waals surface area (Å²) in [6, 6.07) is 12.0. The summed E-state index contributed by atoms with van der Waals surface area (Å²) in [5.41, 5.74) is 5.43. The highest BCUT2D eigenvalue weighted by atomic mass is 16.2. The Labute approximate surface area is 157 Å². The number of aryl methyl sites for hydroxylation is 1. The van der Waals surface area contributed by atoms with Crippen molar-refractivity contribution >= 4 is 29.2 Å². The number of rotatable bonds is 5. The predicted molar refractivity (Wildman–Crippen MR) is 106 cm³/mol. The van der Waals surface area contributed by atoms with E-state index >= 15 is 0 Å². The van der Waals surface area contributed by atoms with Crippen LogP contribution in [-0.4, -0.2) is 29.0 Å². The number of allylic oxidation sites excluding steroid dienone is 1. The third-order valence-corrected chi connectivity index (χ3v) is 4.97. The summed E-state index contributed by atoms with van der Waals surface area (Å²) in [5.74, 6) is 0.317. The minimum absolute atomic E-state index is 0.170. The Morgan fingerprint density at radius 2 is 1.96 bits per heavy atom. The number of hydrogen-bond acceptors (Lipinski definition) is 3. The number of hydrogen-bond donors (Lipinski definition) is 1. The molecule has 0 atom stereocenters. The Morgan fingerprint density at radius 1 is 1.22 bits per heavy atom. The summed E-state index contributed by atoms with van der Waals surface area (Å²) in [5, 5.41) is 8.27. The fourth-order valence-corrected chi connectivity index (χ4v) is 3.41. The number of carbonyl (C=O) groups is 2. The molecule has 1 N–H and O–H groups in total. The highest BCUT2D eigenvalue weighted by Crippen LogP contribution is 2.43. The molecule has 1 aliphatic carbocycles. The van der Waals surface area contributed by atoms with Crippen LogP contribution in [0.25, 0.3) is 22.7 Å². The van der Waals surface area contributed by atoms with Crippen LogP contribution in [0.1, 0.15) is 45.9 Å². The Hall–Kier alpha value is -3.21. The summed E-state index contributed by atoms with van der Waals surface area (Å²) in [7, 11) is 1.63. The number of aldehydes is 1. The molecular weight excluding hydrogens is 338 g/mol. The number of nitrogens with one attached hydrogen (secondary N) is 1. The zero-order chi connectivity index (χ0) is 19.0. The number of benzene rings is 2. The van der Waals surface area contributed by atoms with Crippen LogP contribution in [0.2, 0.25) is 0 Å². The van der Waals surface area contributed by atoms with Gasteiger partial charge in [-0.15, -0.1) is 0 Å². The van der Waals surface area contributed by atoms with E-state index in [0.29, 0.717) is 11.6 Å². The molecule has 1 saturated carbocycles. The first-order valence-corrected chi connectivity index (χ1v) is 9.10. The molecule has 0 saturated heterocycles. The molecule has 5 heteroatoms. The van der Waals surface area contributed by atoms with Gasteiger partial charge in [0.15, 0.2) is 0 Å². The standard InChI is InChI=1S/C22H21N3O2/c1-14-5-9-17(10-6-14)25-21(22(27)23-2)19-13-18(15-7-8-15)16(4-3-11-26)12-20(19)24-25/h3-6,9-13,15H,7-8H2,1-2H3,(H,23,27)/b4-3+. The first-order chi connectivity index (χ1) is 13.1. The van der Waals surface area contributed by atoms with Gasteiger partial charge in [0.1, 0.15) is 12.0 Å². The minimum Gasteiger partial charge on any atom is -0.354 e. The topological polar surface area (TPSA) is 64.0 Å². The Morgan fingerprint density at radius 3 is 2.59 bits per heavy atom. The fourth-order valence-electron chi connectivity index (χ4n) is 3.41. The molecule has 0 unspecified atom stereocenters. The summed E-state index contributed by atoms with van der Waals surface area (Å²) in [6.45, 7) is 2.02. The van der Waals surface area contributed by atoms with Crippen LogP contribution < -0.4 is 5.32 Å². The lowest BCUT2D eigenvalue weighted by Crippen LogP contribution is -2.21. The van der Waals surface area contributed by atoms with E-state index in [0.717, 1.165) is 46.8 Å². The van der Waals surface area contributed by atoms with Gasteiger partial charge in [-0.25, -0.2) is 4.68 Å². The molecule has 1 aliphatic rings. The van der Waals surface area contributed by atoms with E-state index < -0.39 is 0 Å². The molecule has 136 valence electrons. The maximum atomic E-state index is 12.7. The second kappa shape index (κ2) is 6.83. The van der Waals surface area contributed by atoms with Crippen LogP contribution in [0.3, 0.4) is 0 Å². The molecule has 0 radical (unpaired) electrons. The smallest absolute Gasteiger partial charge is 0.270 e. The van der Waals surface area contributed by atoms with Crippen molar-refractivity contribution in [2.45, 2.75) is 25.7 Å². The first-order valence-electron chi connectivity index (χ1n) is 9.10. The highest BCUT2D eigenvalue weighted by Gasteiger charge is 2.28. The molecule has 0 spiro atoms. The average molecular weight is 359 g/mol. The summed E-state index contributed by atoms with van der Waals surface area (Å²) in [6.07, 6.45) is 6.37. The van der Waals surface area contributed by atoms with Crippen LogP contribution >= 0.6 is 0 Å². The van der Waals surface area contributed by atoms with E-state index in [1.165, 1.54) is 11.6 Å². The van der Waals surface area contributed by atoms with E-state index in [2.05, 4.69) is 11.4 Å². The number of carbonyl (C=O) groups excluding carboxylic acids is 2. The van der Waals surface area contributed by atoms with Gasteiger partial charge in [0, 0.05) is 12.4 Å². The molecular formula is C22H21N3O2. The lowest BCUT2D eigenvalue weighted by atomic mass is 9.99. The zero-order valence-electron chi connectivity index (χ0n) is 15.4. The third kappa shape index (κ3) is 3.16. The molecule has 1 amide bonds. The van der Waals surface area contributed by atoms with Crippen molar-refractivity contribution < 1.29 is 9.59 Å². The predicted octanol–water partition coefficient (Wildman–Crippen LogP) is 3.78. The molecule has 2 aromatic carbocycles. The normalized spacial score (nSPS) is 14.0. The third-order valence-electron chi connectivity index (χ3n) is 4.97. The Kier molecular flexibility index (Phi) is 4.36. The number of aromatic nitrogens is 2. The minimum atomic E-state index is -0.170. The van der Waals surface area contributed by atoms with Crippen molar-refractivity contribution in [3.8, 4) is 5.69 Å². The quantitative estimate of drug-likeness (QED) is 0.557. The van der Waals surface area contributed by atoms with Gasteiger partial charge in [-0.2, -0.15) is 5.10 Å². The number of fused-ring (bicyclic) bond motifs is 1. The van der Waals surface area contributed by atoms with Crippen molar-refractivity contribution in [3.63, 3.8) is 0 Å². The van der Waals surface area contributed by atoms with Crippen LogP contribution in [0.15, 0.2) is 42.5 Å². The van der Waals surface area contributed by atoms with Crippen LogP contribution in [0.4, 0.5) is 0 Å². The van der Waals surface area contributed by atoms with Crippen LogP contribution in [0.5, 0.6) is 0 Å². The maximum Gasteiger partial charge on any atom is 0.270 e. The Balaban J connectivity index is 1.98. The van der Waals surface area contributed by atoms with Crippen molar-refractivity contribution in [2.75, 3.05) is 7.05 Å². The average Bonchev–Trinajstić information content (AvgIpc) is 3.46. The molecule has 1 aromatic heterocycles. The maximum absolute atomic E-state index is 12.7. The van der Waals surface area contributed by atoms with Crippen molar-refractivity contribution in [1.82, 2.24) is 15.1 Å². The van der Waals surface area contributed by atoms with E-state index in [1.807, 2.05) is 43.3 Å². The number of amides is 1. The highest BCUT2D eigenvalue weighted by molar-refractivity contribution is 6.06. The molecule has 4 rings (SSSR count). The molecule has 27 heavy (non-hydrogen) atoms. The first kappa shape index (κ1) is 17.2. The van der Waals surface area contributed by atoms with Crippen molar-refractivity contribution in [2.24, 2.45) is 0 Å². The van der Waals surface area contributed by atoms with Gasteiger partial charge in [0.2, 0.25) is 0 Å². The van der Waals surface area contributed by atoms with Gasteiger partial charge in [-0.3, -0.25) is 9.59 Å². The van der Waals surface area contributed by atoms with E-state index in [9.17, 15) is 9.59 Å². The molecule has 1 fully saturated rings. The van der Waals surface area contributed by atoms with Gasteiger partial charge >= 0.3 is 0 Å². The van der Waals surface area contributed by atoms with E-state index in [1.54, 1.807) is 11.7 Å². The van der Waals surface area contributed by atoms with Crippen LogP contribution in [-0.2, 0) is 4.79 Å². The molecule has 1 heterocycles. The van der Waals surface area contributed by atoms with Crippen molar-refractivity contribution in [3.05, 3.63) is 64.9 Å². The van der Waals surface area contributed by atoms with Gasteiger partial charge < -0.3 is 5.32 Å². The van der Waals surface area contributed by atoms with Gasteiger partial charge in [-0.05, 0) is 67.2 Å². The lowest BCUT2D eigenvalue weighted by molar-refractivity contribution is -0.104. The monoisotopic (exact) mass is 359 g/mol. The lowest BCUT2D eigenvalue weighted by Gasteiger charge is -2.08. The number of nitrogens with zero attached hydrogens (tertiary/aromatic N) is 2. The summed E-state index contributed by atoms with van der Waals surface area (Å²) >= 11 is 0. The fraction of sp³-hybridized carbons (Fsp3) is 0.227. The molecule has 5 nitrogen and oxygen atoms in total. The van der Waals surface area contributed by atoms with Gasteiger partial charge in [-0.1, -0.05) is 23.8 Å². The molecule has 0 aliphatic heterocycles. The van der Waals surface area contributed by atoms with Crippen LogP contribution in [0, 0.1) is 6.92 Å². The van der Waals surface area contributed by atoms with Gasteiger partial charge in [0.25, 0.3) is 5.91 Å². The molecule has 0 bridgehead atoms. The van der Waals surface area contributed by atoms with Gasteiger partial charge in [0.05, 0.1) is 11.2 Å². The van der Waals surface area contributed by atoms with E-state index in [-0.39, 0.29) is 5.91 Å². The second-order valence-corrected chi connectivity index (χ2v) is 6.94.